The highest BCUT2D eigenvalue weighted by Gasteiger charge is 2.34. The molecule has 2 aromatic rings. The monoisotopic (exact) mass is 338 g/mol. The number of benzene rings is 2. The van der Waals surface area contributed by atoms with Crippen molar-refractivity contribution in [3.63, 3.8) is 0 Å². The zero-order valence-corrected chi connectivity index (χ0v) is 14.9. The first-order valence-corrected chi connectivity index (χ1v) is 9.02. The maximum atomic E-state index is 12.8. The summed E-state index contributed by atoms with van der Waals surface area (Å²) in [6.45, 7) is 2.23. The summed E-state index contributed by atoms with van der Waals surface area (Å²) in [5, 5.41) is 0. The van der Waals surface area contributed by atoms with Crippen LogP contribution < -0.4 is 0 Å². The van der Waals surface area contributed by atoms with Gasteiger partial charge in [-0.3, -0.25) is 0 Å². The predicted molar refractivity (Wildman–Crippen MR) is 98.3 cm³/mol. The topological polar surface area (TPSA) is 35.5 Å². The van der Waals surface area contributed by atoms with Crippen LogP contribution >= 0.6 is 0 Å². The van der Waals surface area contributed by atoms with Crippen LogP contribution in [0.3, 0.4) is 0 Å². The van der Waals surface area contributed by atoms with Crippen molar-refractivity contribution in [1.29, 1.82) is 0 Å². The first-order chi connectivity index (χ1) is 12.2. The van der Waals surface area contributed by atoms with E-state index in [1.165, 1.54) is 12.0 Å². The maximum Gasteiger partial charge on any atom is 0.340 e. The normalized spacial score (nSPS) is 24.5. The molecule has 0 radical (unpaired) electrons. The van der Waals surface area contributed by atoms with Gasteiger partial charge in [-0.15, -0.1) is 0 Å². The molecule has 3 heteroatoms. The smallest absolute Gasteiger partial charge is 0.340 e. The molecule has 1 aliphatic rings. The minimum atomic E-state index is -0.671. The van der Waals surface area contributed by atoms with Crippen LogP contribution in [0.25, 0.3) is 0 Å². The highest BCUT2D eigenvalue weighted by Crippen LogP contribution is 2.38. The summed E-state index contributed by atoms with van der Waals surface area (Å²) in [5.74, 6) is 0.527. The van der Waals surface area contributed by atoms with E-state index >= 15 is 0 Å². The van der Waals surface area contributed by atoms with Crippen LogP contribution in [0.15, 0.2) is 60.7 Å². The number of hydrogen-bond acceptors (Lipinski definition) is 3. The van der Waals surface area contributed by atoms with Crippen LogP contribution in [0.4, 0.5) is 0 Å². The van der Waals surface area contributed by atoms with Crippen molar-refractivity contribution in [2.45, 2.75) is 44.3 Å². The molecule has 0 aromatic heterocycles. The Bertz CT molecular complexity index is 668. The SMILES string of the molecule is CO[C@H](C(=O)O[C@@H]1C[C@H](C)CC[C@H]1c1ccccc1)c1ccccc1. The zero-order valence-electron chi connectivity index (χ0n) is 14.9. The molecule has 3 rings (SSSR count). The van der Waals surface area contributed by atoms with Crippen LogP contribution in [-0.2, 0) is 14.3 Å². The Hall–Kier alpha value is -2.13. The second-order valence-electron chi connectivity index (χ2n) is 6.94. The quantitative estimate of drug-likeness (QED) is 0.728. The molecule has 1 aliphatic carbocycles. The molecule has 3 nitrogen and oxygen atoms in total. The fourth-order valence-corrected chi connectivity index (χ4v) is 3.75. The summed E-state index contributed by atoms with van der Waals surface area (Å²) >= 11 is 0. The average Bonchev–Trinajstić information content (AvgIpc) is 2.64. The Balaban J connectivity index is 1.76. The van der Waals surface area contributed by atoms with Crippen molar-refractivity contribution in [3.8, 4) is 0 Å². The van der Waals surface area contributed by atoms with E-state index in [4.69, 9.17) is 9.47 Å². The lowest BCUT2D eigenvalue weighted by molar-refractivity contribution is -0.164. The molecule has 0 aliphatic heterocycles. The Morgan fingerprint density at radius 2 is 1.64 bits per heavy atom. The highest BCUT2D eigenvalue weighted by atomic mass is 16.6. The number of ether oxygens (including phenoxy) is 2. The molecule has 0 amide bonds. The fourth-order valence-electron chi connectivity index (χ4n) is 3.75. The molecular weight excluding hydrogens is 312 g/mol. The highest BCUT2D eigenvalue weighted by molar-refractivity contribution is 5.76. The molecule has 0 unspecified atom stereocenters. The first kappa shape index (κ1) is 17.7. The van der Waals surface area contributed by atoms with E-state index < -0.39 is 6.10 Å². The second-order valence-corrected chi connectivity index (χ2v) is 6.94. The van der Waals surface area contributed by atoms with Crippen LogP contribution in [0, 0.1) is 5.92 Å². The van der Waals surface area contributed by atoms with E-state index in [0.29, 0.717) is 5.92 Å². The molecule has 0 bridgehead atoms. The molecule has 1 fully saturated rings. The maximum absolute atomic E-state index is 12.8. The molecule has 1 saturated carbocycles. The lowest BCUT2D eigenvalue weighted by Crippen LogP contribution is -2.33. The third kappa shape index (κ3) is 4.29. The Morgan fingerprint density at radius 3 is 2.28 bits per heavy atom. The van der Waals surface area contributed by atoms with Gasteiger partial charge in [-0.05, 0) is 36.3 Å². The number of rotatable bonds is 5. The summed E-state index contributed by atoms with van der Waals surface area (Å²) in [4.78, 5) is 12.8. The summed E-state index contributed by atoms with van der Waals surface area (Å²) in [7, 11) is 1.55. The summed E-state index contributed by atoms with van der Waals surface area (Å²) in [6.07, 6.45) is 2.35. The summed E-state index contributed by atoms with van der Waals surface area (Å²) in [6, 6.07) is 19.9. The van der Waals surface area contributed by atoms with Gasteiger partial charge >= 0.3 is 5.97 Å². The average molecular weight is 338 g/mol. The van der Waals surface area contributed by atoms with E-state index in [0.717, 1.165) is 18.4 Å². The molecule has 0 N–H and O–H groups in total. The third-order valence-corrected chi connectivity index (χ3v) is 5.10. The molecule has 4 atom stereocenters. The van der Waals surface area contributed by atoms with Gasteiger partial charge in [-0.2, -0.15) is 0 Å². The number of hydrogen-bond donors (Lipinski definition) is 0. The summed E-state index contributed by atoms with van der Waals surface area (Å²) < 4.78 is 11.4. The Kier molecular flexibility index (Phi) is 5.87. The van der Waals surface area contributed by atoms with E-state index in [1.54, 1.807) is 7.11 Å². The van der Waals surface area contributed by atoms with Crippen molar-refractivity contribution in [2.24, 2.45) is 5.92 Å². The van der Waals surface area contributed by atoms with Gasteiger partial charge in [0.2, 0.25) is 0 Å². The summed E-state index contributed by atoms with van der Waals surface area (Å²) in [5.41, 5.74) is 2.08. The van der Waals surface area contributed by atoms with Crippen molar-refractivity contribution < 1.29 is 14.3 Å². The van der Waals surface area contributed by atoms with Gasteiger partial charge in [0.1, 0.15) is 6.10 Å². The minimum Gasteiger partial charge on any atom is -0.460 e. The van der Waals surface area contributed by atoms with Crippen LogP contribution in [0.2, 0.25) is 0 Å². The minimum absolute atomic E-state index is 0.0972. The van der Waals surface area contributed by atoms with Gasteiger partial charge in [-0.1, -0.05) is 67.6 Å². The van der Waals surface area contributed by atoms with Gasteiger partial charge in [0.05, 0.1) is 0 Å². The van der Waals surface area contributed by atoms with Gasteiger partial charge in [0, 0.05) is 13.0 Å². The first-order valence-electron chi connectivity index (χ1n) is 9.02. The van der Waals surface area contributed by atoms with Crippen LogP contribution in [0.5, 0.6) is 0 Å². The van der Waals surface area contributed by atoms with Crippen LogP contribution in [0.1, 0.15) is 49.3 Å². The number of methoxy groups -OCH3 is 1. The van der Waals surface area contributed by atoms with Gasteiger partial charge < -0.3 is 9.47 Å². The molecule has 0 heterocycles. The van der Waals surface area contributed by atoms with E-state index in [2.05, 4.69) is 19.1 Å². The molecule has 2 aromatic carbocycles. The van der Waals surface area contributed by atoms with Gasteiger partial charge in [0.15, 0.2) is 6.10 Å². The molecule has 132 valence electrons. The standard InChI is InChI=1S/C22H26O3/c1-16-13-14-19(17-9-5-3-6-10-17)20(15-16)25-22(23)21(24-2)18-11-7-4-8-12-18/h3-12,16,19-21H,13-15H2,1-2H3/t16-,19+,20-,21+/m1/s1. The van der Waals surface area contributed by atoms with Crippen molar-refractivity contribution in [1.82, 2.24) is 0 Å². The van der Waals surface area contributed by atoms with E-state index in [-0.39, 0.29) is 18.0 Å². The molecule has 25 heavy (non-hydrogen) atoms. The Labute approximate surface area is 150 Å². The second kappa shape index (κ2) is 8.30. The van der Waals surface area contributed by atoms with Gasteiger partial charge in [0.25, 0.3) is 0 Å². The van der Waals surface area contributed by atoms with Crippen molar-refractivity contribution in [2.75, 3.05) is 7.11 Å². The van der Waals surface area contributed by atoms with Crippen molar-refractivity contribution in [3.05, 3.63) is 71.8 Å². The van der Waals surface area contributed by atoms with E-state index in [1.807, 2.05) is 48.5 Å². The molecule has 0 saturated heterocycles. The molecular formula is C22H26O3. The lowest BCUT2D eigenvalue weighted by Gasteiger charge is -2.35. The number of esters is 1. The lowest BCUT2D eigenvalue weighted by atomic mass is 9.77. The Morgan fingerprint density at radius 1 is 1.00 bits per heavy atom. The number of carbonyl (C=O) groups excluding carboxylic acids is 1. The predicted octanol–water partition coefficient (Wildman–Crippen LogP) is 4.89. The third-order valence-electron chi connectivity index (χ3n) is 5.10. The van der Waals surface area contributed by atoms with Crippen LogP contribution in [-0.4, -0.2) is 19.2 Å². The van der Waals surface area contributed by atoms with Gasteiger partial charge in [-0.25, -0.2) is 4.79 Å². The van der Waals surface area contributed by atoms with E-state index in [9.17, 15) is 4.79 Å². The van der Waals surface area contributed by atoms with Crippen molar-refractivity contribution >= 4 is 5.97 Å². The zero-order chi connectivity index (χ0) is 17.6. The fraction of sp³-hybridized carbons (Fsp3) is 0.409. The number of carbonyl (C=O) groups is 1. The molecule has 0 spiro atoms. The largest absolute Gasteiger partial charge is 0.460 e.